The highest BCUT2D eigenvalue weighted by Gasteiger charge is 2.38. The highest BCUT2D eigenvalue weighted by atomic mass is 16.5. The van der Waals surface area contributed by atoms with Crippen molar-refractivity contribution in [1.29, 1.82) is 5.26 Å². The van der Waals surface area contributed by atoms with Crippen molar-refractivity contribution in [3.8, 4) is 34.2 Å². The second kappa shape index (κ2) is 7.82. The van der Waals surface area contributed by atoms with E-state index >= 15 is 0 Å². The smallest absolute Gasteiger partial charge is 0.225 e. The summed E-state index contributed by atoms with van der Waals surface area (Å²) in [5.74, 6) is 0.939. The summed E-state index contributed by atoms with van der Waals surface area (Å²) >= 11 is 0. The number of H-pyrrole nitrogens is 1. The quantitative estimate of drug-likeness (QED) is 0.478. The van der Waals surface area contributed by atoms with Gasteiger partial charge in [-0.1, -0.05) is 6.07 Å². The minimum absolute atomic E-state index is 0.199. The number of nitrogens with one attached hydrogen (secondary N) is 1. The fraction of sp³-hybridized carbons (Fsp3) is 0.308. The predicted octanol–water partition coefficient (Wildman–Crippen LogP) is 4.25. The number of aromatic hydroxyl groups is 1. The van der Waals surface area contributed by atoms with E-state index in [4.69, 9.17) is 4.74 Å². The lowest BCUT2D eigenvalue weighted by atomic mass is 9.92. The van der Waals surface area contributed by atoms with Crippen LogP contribution in [0.15, 0.2) is 36.8 Å². The topological polar surface area (TPSA) is 111 Å². The van der Waals surface area contributed by atoms with Gasteiger partial charge in [0.1, 0.15) is 17.5 Å². The predicted molar refractivity (Wildman–Crippen MR) is 129 cm³/mol. The van der Waals surface area contributed by atoms with E-state index in [-0.39, 0.29) is 5.75 Å². The Kier molecular flexibility index (Phi) is 4.74. The minimum atomic E-state index is 0.199. The van der Waals surface area contributed by atoms with Crippen LogP contribution in [0.3, 0.4) is 0 Å². The SMILES string of the molecule is Cc1ccc(O)c(C)c1-c1cnc2[nH]c(-c3cnc(N4C5CCC4COC5)nc3)cc2c1C#N. The molecular weight excluding hydrogens is 428 g/mol. The molecule has 2 N–H and O–H groups in total. The molecule has 3 aromatic heterocycles. The molecule has 2 atom stereocenters. The fourth-order valence-corrected chi connectivity index (χ4v) is 5.34. The van der Waals surface area contributed by atoms with Gasteiger partial charge in [-0.15, -0.1) is 0 Å². The Morgan fingerprint density at radius 2 is 1.82 bits per heavy atom. The summed E-state index contributed by atoms with van der Waals surface area (Å²) in [5, 5.41) is 21.0. The van der Waals surface area contributed by atoms with Crippen molar-refractivity contribution < 1.29 is 9.84 Å². The van der Waals surface area contributed by atoms with Crippen LogP contribution in [0.2, 0.25) is 0 Å². The molecule has 0 aliphatic carbocycles. The van der Waals surface area contributed by atoms with Crippen LogP contribution in [0.1, 0.15) is 29.5 Å². The monoisotopic (exact) mass is 452 g/mol. The number of morpholine rings is 1. The molecule has 0 radical (unpaired) electrons. The third kappa shape index (κ3) is 3.12. The second-order valence-corrected chi connectivity index (χ2v) is 9.11. The maximum Gasteiger partial charge on any atom is 0.225 e. The standard InChI is InChI=1S/C26H24N6O2/c1-14-3-6-23(33)15(2)24(14)21-11-28-25-19(20(21)8-27)7-22(31-25)16-9-29-26(30-10-16)32-17-4-5-18(32)13-34-12-17/h3,6-7,9-11,17-18,33H,4-5,12-13H2,1-2H3,(H,28,31). The number of anilines is 1. The number of aromatic nitrogens is 4. The lowest BCUT2D eigenvalue weighted by Gasteiger charge is -2.34. The van der Waals surface area contributed by atoms with Crippen molar-refractivity contribution >= 4 is 17.0 Å². The van der Waals surface area contributed by atoms with E-state index in [0.29, 0.717) is 28.9 Å². The number of ether oxygens (including phenoxy) is 1. The van der Waals surface area contributed by atoms with Crippen LogP contribution < -0.4 is 4.90 Å². The average Bonchev–Trinajstić information content (AvgIpc) is 3.39. The maximum absolute atomic E-state index is 10.2. The molecule has 8 nitrogen and oxygen atoms in total. The third-order valence-corrected chi connectivity index (χ3v) is 7.10. The molecule has 8 heteroatoms. The summed E-state index contributed by atoms with van der Waals surface area (Å²) in [5.41, 5.74) is 6.03. The number of aromatic amines is 1. The molecule has 2 aliphatic heterocycles. The number of nitrogens with zero attached hydrogens (tertiary/aromatic N) is 5. The van der Waals surface area contributed by atoms with Gasteiger partial charge >= 0.3 is 0 Å². The number of rotatable bonds is 3. The van der Waals surface area contributed by atoms with Gasteiger partial charge in [-0.25, -0.2) is 15.0 Å². The number of fused-ring (bicyclic) bond motifs is 3. The number of aryl methyl sites for hydroxylation is 1. The normalized spacial score (nSPS) is 19.5. The number of nitriles is 1. The van der Waals surface area contributed by atoms with Gasteiger partial charge in [0, 0.05) is 35.1 Å². The second-order valence-electron chi connectivity index (χ2n) is 9.11. The van der Waals surface area contributed by atoms with Crippen LogP contribution in [-0.4, -0.2) is 50.3 Å². The van der Waals surface area contributed by atoms with Crippen LogP contribution in [-0.2, 0) is 4.74 Å². The summed E-state index contributed by atoms with van der Waals surface area (Å²) in [4.78, 5) is 19.5. The van der Waals surface area contributed by atoms with Crippen LogP contribution in [0.4, 0.5) is 5.95 Å². The summed E-state index contributed by atoms with van der Waals surface area (Å²) in [7, 11) is 0. The molecule has 34 heavy (non-hydrogen) atoms. The van der Waals surface area contributed by atoms with Crippen molar-refractivity contribution in [2.24, 2.45) is 0 Å². The first-order valence-electron chi connectivity index (χ1n) is 11.4. The van der Waals surface area contributed by atoms with E-state index < -0.39 is 0 Å². The van der Waals surface area contributed by atoms with Gasteiger partial charge in [0.15, 0.2) is 0 Å². The van der Waals surface area contributed by atoms with Crippen LogP contribution in [0.25, 0.3) is 33.4 Å². The van der Waals surface area contributed by atoms with Crippen LogP contribution >= 0.6 is 0 Å². The van der Waals surface area contributed by atoms with Gasteiger partial charge in [0.25, 0.3) is 0 Å². The number of pyridine rings is 1. The molecule has 6 rings (SSSR count). The number of hydrogen-bond donors (Lipinski definition) is 2. The van der Waals surface area contributed by atoms with Gasteiger partial charge in [-0.05, 0) is 55.5 Å². The van der Waals surface area contributed by atoms with Crippen molar-refractivity contribution in [3.63, 3.8) is 0 Å². The molecule has 2 unspecified atom stereocenters. The number of phenolic OH excluding ortho intramolecular Hbond substituents is 1. The Hall–Kier alpha value is -3.96. The summed E-state index contributed by atoms with van der Waals surface area (Å²) < 4.78 is 5.67. The zero-order chi connectivity index (χ0) is 23.4. The van der Waals surface area contributed by atoms with E-state index in [1.165, 1.54) is 0 Å². The molecule has 2 saturated heterocycles. The Morgan fingerprint density at radius 1 is 1.09 bits per heavy atom. The molecule has 1 aromatic carbocycles. The molecule has 0 spiro atoms. The largest absolute Gasteiger partial charge is 0.508 e. The molecule has 170 valence electrons. The molecule has 2 bridgehead atoms. The lowest BCUT2D eigenvalue weighted by molar-refractivity contribution is 0.0897. The van der Waals surface area contributed by atoms with Crippen LogP contribution in [0.5, 0.6) is 5.75 Å². The zero-order valence-corrected chi connectivity index (χ0v) is 19.0. The Labute approximate surface area is 196 Å². The molecular formula is C26H24N6O2. The Bertz CT molecular complexity index is 1440. The fourth-order valence-electron chi connectivity index (χ4n) is 5.34. The summed E-state index contributed by atoms with van der Waals surface area (Å²) in [6.45, 7) is 5.28. The van der Waals surface area contributed by atoms with E-state index in [0.717, 1.165) is 65.3 Å². The highest BCUT2D eigenvalue weighted by molar-refractivity contribution is 5.94. The van der Waals surface area contributed by atoms with E-state index in [1.807, 2.05) is 38.4 Å². The first kappa shape index (κ1) is 20.6. The number of hydrogen-bond acceptors (Lipinski definition) is 7. The zero-order valence-electron chi connectivity index (χ0n) is 19.0. The first-order chi connectivity index (χ1) is 16.5. The van der Waals surface area contributed by atoms with Crippen LogP contribution in [0, 0.1) is 25.2 Å². The minimum Gasteiger partial charge on any atom is -0.508 e. The molecule has 2 aliphatic rings. The van der Waals surface area contributed by atoms with Gasteiger partial charge in [0.2, 0.25) is 5.95 Å². The molecule has 0 saturated carbocycles. The maximum atomic E-state index is 10.2. The molecule has 4 aromatic rings. The third-order valence-electron chi connectivity index (χ3n) is 7.10. The number of phenols is 1. The Balaban J connectivity index is 1.40. The highest BCUT2D eigenvalue weighted by Crippen LogP contribution is 2.37. The van der Waals surface area contributed by atoms with E-state index in [9.17, 15) is 10.4 Å². The van der Waals surface area contributed by atoms with Crippen molar-refractivity contribution in [3.05, 3.63) is 53.5 Å². The van der Waals surface area contributed by atoms with E-state index in [2.05, 4.69) is 30.9 Å². The van der Waals surface area contributed by atoms with Gasteiger partial charge in [-0.2, -0.15) is 5.26 Å². The molecule has 5 heterocycles. The molecule has 2 fully saturated rings. The summed E-state index contributed by atoms with van der Waals surface area (Å²) in [6.07, 6.45) is 7.56. The molecule has 0 amide bonds. The van der Waals surface area contributed by atoms with Crippen molar-refractivity contribution in [2.75, 3.05) is 18.1 Å². The Morgan fingerprint density at radius 3 is 2.53 bits per heavy atom. The van der Waals surface area contributed by atoms with Gasteiger partial charge < -0.3 is 19.7 Å². The van der Waals surface area contributed by atoms with Crippen molar-refractivity contribution in [2.45, 2.75) is 38.8 Å². The summed E-state index contributed by atoms with van der Waals surface area (Å²) in [6, 6.07) is 8.50. The van der Waals surface area contributed by atoms with Gasteiger partial charge in [0.05, 0.1) is 36.6 Å². The van der Waals surface area contributed by atoms with Crippen molar-refractivity contribution in [1.82, 2.24) is 19.9 Å². The van der Waals surface area contributed by atoms with E-state index in [1.54, 1.807) is 12.3 Å². The average molecular weight is 453 g/mol. The first-order valence-corrected chi connectivity index (χ1v) is 11.4. The van der Waals surface area contributed by atoms with Gasteiger partial charge in [-0.3, -0.25) is 0 Å². The number of benzene rings is 1. The lowest BCUT2D eigenvalue weighted by Crippen LogP contribution is -2.46.